The molecule has 0 atom stereocenters. The summed E-state index contributed by atoms with van der Waals surface area (Å²) in [5.41, 5.74) is 7.14. The lowest BCUT2D eigenvalue weighted by Crippen LogP contribution is -1.89. The minimum Gasteiger partial charge on any atom is -0.384 e. The van der Waals surface area contributed by atoms with Gasteiger partial charge in [0.1, 0.15) is 5.82 Å². The highest BCUT2D eigenvalue weighted by molar-refractivity contribution is 5.60. The van der Waals surface area contributed by atoms with Gasteiger partial charge in [-0.15, -0.1) is 0 Å². The molecule has 0 spiro atoms. The number of nitrogen functional groups attached to an aromatic ring is 1. The maximum absolute atomic E-state index is 5.60. The third-order valence-electron chi connectivity index (χ3n) is 2.37. The normalized spacial score (nSPS) is 10.4. The van der Waals surface area contributed by atoms with Gasteiger partial charge in [0.2, 0.25) is 5.82 Å². The number of rotatable bonds is 2. The van der Waals surface area contributed by atoms with Crippen molar-refractivity contribution in [3.05, 3.63) is 42.9 Å². The lowest BCUT2D eigenvalue weighted by Gasteiger charge is -1.94. The minimum absolute atomic E-state index is 0.406. The van der Waals surface area contributed by atoms with Crippen LogP contribution in [0.15, 0.2) is 47.4 Å². The van der Waals surface area contributed by atoms with Gasteiger partial charge in [-0.05, 0) is 24.3 Å². The molecule has 0 bridgehead atoms. The zero-order valence-corrected chi connectivity index (χ0v) is 9.32. The van der Waals surface area contributed by atoms with Crippen LogP contribution < -0.4 is 5.73 Å². The van der Waals surface area contributed by atoms with Crippen LogP contribution in [0.1, 0.15) is 0 Å². The predicted molar refractivity (Wildman–Crippen MR) is 65.2 cm³/mol. The third-order valence-corrected chi connectivity index (χ3v) is 2.37. The van der Waals surface area contributed by atoms with E-state index in [1.54, 1.807) is 30.7 Å². The number of hydrogen-bond donors (Lipinski definition) is 1. The first-order valence-corrected chi connectivity index (χ1v) is 5.29. The summed E-state index contributed by atoms with van der Waals surface area (Å²) >= 11 is 0. The van der Waals surface area contributed by atoms with Gasteiger partial charge >= 0.3 is 0 Å². The highest BCUT2D eigenvalue weighted by Crippen LogP contribution is 2.21. The van der Waals surface area contributed by atoms with Gasteiger partial charge in [-0.2, -0.15) is 4.98 Å². The van der Waals surface area contributed by atoms with E-state index in [1.807, 2.05) is 12.1 Å². The Balaban J connectivity index is 2.00. The lowest BCUT2D eigenvalue weighted by molar-refractivity contribution is 0.432. The van der Waals surface area contributed by atoms with Gasteiger partial charge in [0.15, 0.2) is 0 Å². The molecule has 0 unspecified atom stereocenters. The Bertz CT molecular complexity index is 665. The Hall–Kier alpha value is -2.76. The average molecular weight is 239 g/mol. The van der Waals surface area contributed by atoms with Gasteiger partial charge in [-0.3, -0.25) is 4.98 Å². The highest BCUT2D eigenvalue weighted by Gasteiger charge is 2.10. The van der Waals surface area contributed by atoms with E-state index in [0.717, 1.165) is 11.1 Å². The van der Waals surface area contributed by atoms with E-state index >= 15 is 0 Å². The highest BCUT2D eigenvalue weighted by atomic mass is 16.5. The second kappa shape index (κ2) is 4.25. The van der Waals surface area contributed by atoms with Crippen LogP contribution in [-0.2, 0) is 0 Å². The number of nitrogens with zero attached hydrogens (tertiary/aromatic N) is 4. The molecular weight excluding hydrogens is 230 g/mol. The fourth-order valence-corrected chi connectivity index (χ4v) is 1.53. The van der Waals surface area contributed by atoms with Crippen LogP contribution in [0.3, 0.4) is 0 Å². The van der Waals surface area contributed by atoms with Crippen LogP contribution >= 0.6 is 0 Å². The van der Waals surface area contributed by atoms with Gasteiger partial charge in [0.05, 0.1) is 0 Å². The van der Waals surface area contributed by atoms with Crippen molar-refractivity contribution in [1.82, 2.24) is 20.1 Å². The average Bonchev–Trinajstić information content (AvgIpc) is 2.89. The van der Waals surface area contributed by atoms with Crippen molar-refractivity contribution >= 4 is 5.82 Å². The Kier molecular flexibility index (Phi) is 2.45. The molecule has 3 rings (SSSR count). The maximum Gasteiger partial charge on any atom is 0.258 e. The second-order valence-electron chi connectivity index (χ2n) is 3.63. The van der Waals surface area contributed by atoms with Crippen LogP contribution in [0, 0.1) is 0 Å². The van der Waals surface area contributed by atoms with Crippen molar-refractivity contribution in [3.8, 4) is 22.8 Å². The van der Waals surface area contributed by atoms with Crippen LogP contribution in [0.4, 0.5) is 5.82 Å². The summed E-state index contributed by atoms with van der Waals surface area (Å²) in [6.45, 7) is 0. The zero-order valence-electron chi connectivity index (χ0n) is 9.32. The van der Waals surface area contributed by atoms with E-state index in [-0.39, 0.29) is 0 Å². The van der Waals surface area contributed by atoms with Crippen molar-refractivity contribution in [1.29, 1.82) is 0 Å². The van der Waals surface area contributed by atoms with Crippen LogP contribution in [0.2, 0.25) is 0 Å². The first kappa shape index (κ1) is 10.4. The Morgan fingerprint density at radius 1 is 1.11 bits per heavy atom. The number of anilines is 1. The number of hydrogen-bond acceptors (Lipinski definition) is 6. The van der Waals surface area contributed by atoms with E-state index < -0.39 is 0 Å². The summed E-state index contributed by atoms with van der Waals surface area (Å²) in [6.07, 6.45) is 4.96. The van der Waals surface area contributed by atoms with Crippen molar-refractivity contribution < 1.29 is 4.52 Å². The summed E-state index contributed by atoms with van der Waals surface area (Å²) < 4.78 is 5.19. The molecule has 3 aromatic rings. The summed E-state index contributed by atoms with van der Waals surface area (Å²) in [5.74, 6) is 1.31. The summed E-state index contributed by atoms with van der Waals surface area (Å²) in [4.78, 5) is 12.2. The van der Waals surface area contributed by atoms with E-state index in [2.05, 4.69) is 20.1 Å². The van der Waals surface area contributed by atoms with E-state index in [0.29, 0.717) is 17.5 Å². The third kappa shape index (κ3) is 1.91. The molecule has 0 aliphatic carbocycles. The monoisotopic (exact) mass is 239 g/mol. The van der Waals surface area contributed by atoms with Gasteiger partial charge in [0, 0.05) is 29.7 Å². The minimum atomic E-state index is 0.406. The largest absolute Gasteiger partial charge is 0.384 e. The Labute approximate surface area is 103 Å². The van der Waals surface area contributed by atoms with E-state index in [4.69, 9.17) is 10.3 Å². The van der Waals surface area contributed by atoms with Gasteiger partial charge < -0.3 is 10.3 Å². The molecular formula is C12H9N5O. The first-order chi connectivity index (χ1) is 8.83. The van der Waals surface area contributed by atoms with Crippen LogP contribution in [0.5, 0.6) is 0 Å². The van der Waals surface area contributed by atoms with Crippen molar-refractivity contribution in [2.45, 2.75) is 0 Å². The molecule has 6 nitrogen and oxygen atoms in total. The van der Waals surface area contributed by atoms with Crippen molar-refractivity contribution in [2.75, 3.05) is 5.73 Å². The maximum atomic E-state index is 5.60. The van der Waals surface area contributed by atoms with E-state index in [1.165, 1.54) is 0 Å². The van der Waals surface area contributed by atoms with Gasteiger partial charge in [-0.1, -0.05) is 5.16 Å². The molecule has 0 aliphatic rings. The zero-order chi connectivity index (χ0) is 12.4. The Morgan fingerprint density at radius 3 is 2.83 bits per heavy atom. The summed E-state index contributed by atoms with van der Waals surface area (Å²) in [5, 5.41) is 3.91. The number of pyridine rings is 2. The summed E-state index contributed by atoms with van der Waals surface area (Å²) in [6, 6.07) is 7.12. The lowest BCUT2D eigenvalue weighted by atomic mass is 10.2. The number of aromatic nitrogens is 4. The standard InChI is InChI=1S/C12H9N5O/c13-10-6-8(3-5-15-10)12-16-11(17-18-12)9-2-1-4-14-7-9/h1-7H,(H2,13,15). The smallest absolute Gasteiger partial charge is 0.258 e. The van der Waals surface area contributed by atoms with Gasteiger partial charge in [0.25, 0.3) is 5.89 Å². The predicted octanol–water partition coefficient (Wildman–Crippen LogP) is 1.78. The molecule has 0 saturated carbocycles. The first-order valence-electron chi connectivity index (χ1n) is 5.29. The molecule has 3 heterocycles. The van der Waals surface area contributed by atoms with Crippen LogP contribution in [-0.4, -0.2) is 20.1 Å². The quantitative estimate of drug-likeness (QED) is 0.732. The van der Waals surface area contributed by atoms with Crippen LogP contribution in [0.25, 0.3) is 22.8 Å². The molecule has 0 aromatic carbocycles. The van der Waals surface area contributed by atoms with Crippen molar-refractivity contribution in [3.63, 3.8) is 0 Å². The molecule has 0 aliphatic heterocycles. The van der Waals surface area contributed by atoms with E-state index in [9.17, 15) is 0 Å². The fourth-order valence-electron chi connectivity index (χ4n) is 1.53. The molecule has 3 aromatic heterocycles. The topological polar surface area (TPSA) is 90.7 Å². The molecule has 0 saturated heterocycles. The van der Waals surface area contributed by atoms with Gasteiger partial charge in [-0.25, -0.2) is 4.98 Å². The summed E-state index contributed by atoms with van der Waals surface area (Å²) in [7, 11) is 0. The molecule has 0 radical (unpaired) electrons. The molecule has 88 valence electrons. The number of nitrogens with two attached hydrogens (primary N) is 1. The Morgan fingerprint density at radius 2 is 2.06 bits per heavy atom. The molecule has 0 fully saturated rings. The SMILES string of the molecule is Nc1cc(-c2nc(-c3cccnc3)no2)ccn1. The molecule has 2 N–H and O–H groups in total. The molecule has 0 amide bonds. The second-order valence-corrected chi connectivity index (χ2v) is 3.63. The fraction of sp³-hybridized carbons (Fsp3) is 0. The molecule has 18 heavy (non-hydrogen) atoms. The van der Waals surface area contributed by atoms with Crippen molar-refractivity contribution in [2.24, 2.45) is 0 Å². The molecule has 6 heteroatoms.